The predicted molar refractivity (Wildman–Crippen MR) is 118 cm³/mol. The van der Waals surface area contributed by atoms with Gasteiger partial charge in [0.05, 0.1) is 0 Å². The SMILES string of the molecule is CN1[C@@H](CC(=O)N2CCCN(c3ccccc3)CC2)CC[C@H]1CNC(=O)c1cocn1. The third kappa shape index (κ3) is 5.25. The molecule has 0 aliphatic carbocycles. The molecule has 4 rings (SSSR count). The summed E-state index contributed by atoms with van der Waals surface area (Å²) >= 11 is 0. The lowest BCUT2D eigenvalue weighted by molar-refractivity contribution is -0.132. The smallest absolute Gasteiger partial charge is 0.273 e. The molecule has 2 aliphatic heterocycles. The largest absolute Gasteiger partial charge is 0.451 e. The number of aromatic nitrogens is 1. The van der Waals surface area contributed by atoms with E-state index in [0.29, 0.717) is 13.0 Å². The fourth-order valence-corrected chi connectivity index (χ4v) is 4.60. The number of para-hydroxylation sites is 1. The summed E-state index contributed by atoms with van der Waals surface area (Å²) in [6.07, 6.45) is 6.05. The first-order valence-electron chi connectivity index (χ1n) is 11.1. The zero-order chi connectivity index (χ0) is 21.6. The molecule has 8 nitrogen and oxygen atoms in total. The van der Waals surface area contributed by atoms with Crippen molar-refractivity contribution in [1.82, 2.24) is 20.1 Å². The number of amides is 2. The van der Waals surface area contributed by atoms with E-state index in [2.05, 4.69) is 51.4 Å². The molecule has 1 aromatic heterocycles. The summed E-state index contributed by atoms with van der Waals surface area (Å²) in [6.45, 7) is 3.97. The van der Waals surface area contributed by atoms with Crippen molar-refractivity contribution >= 4 is 17.5 Å². The van der Waals surface area contributed by atoms with Gasteiger partial charge < -0.3 is 19.5 Å². The number of nitrogens with zero attached hydrogens (tertiary/aromatic N) is 4. The average molecular weight is 426 g/mol. The van der Waals surface area contributed by atoms with Gasteiger partial charge in [0.15, 0.2) is 12.1 Å². The summed E-state index contributed by atoms with van der Waals surface area (Å²) in [4.78, 5) is 35.6. The molecule has 2 fully saturated rings. The maximum absolute atomic E-state index is 13.0. The first-order valence-corrected chi connectivity index (χ1v) is 11.1. The van der Waals surface area contributed by atoms with Crippen LogP contribution in [0.1, 0.15) is 36.2 Å². The standard InChI is InChI=1S/C23H31N5O3/c1-26-19(8-9-20(26)15-24-23(30)21-16-31-17-25-21)14-22(29)28-11-5-10-27(12-13-28)18-6-3-2-4-7-18/h2-4,6-7,16-17,19-20H,5,8-15H2,1H3,(H,24,30)/t19-,20+/m1/s1. The van der Waals surface area contributed by atoms with Crippen LogP contribution in [0.15, 0.2) is 47.4 Å². The Bertz CT molecular complexity index is 857. The lowest BCUT2D eigenvalue weighted by atomic mass is 10.1. The van der Waals surface area contributed by atoms with Crippen molar-refractivity contribution in [3.63, 3.8) is 0 Å². The Labute approximate surface area is 183 Å². The maximum atomic E-state index is 13.0. The Morgan fingerprint density at radius 1 is 1.10 bits per heavy atom. The third-order valence-corrected chi connectivity index (χ3v) is 6.53. The number of carbonyl (C=O) groups is 2. The highest BCUT2D eigenvalue weighted by molar-refractivity contribution is 5.91. The first-order chi connectivity index (χ1) is 15.1. The van der Waals surface area contributed by atoms with Crippen LogP contribution in [0.3, 0.4) is 0 Å². The van der Waals surface area contributed by atoms with Gasteiger partial charge in [-0.05, 0) is 38.4 Å². The number of likely N-dealkylation sites (N-methyl/N-ethyl adjacent to an activating group) is 1. The third-order valence-electron chi connectivity index (χ3n) is 6.53. The molecule has 0 radical (unpaired) electrons. The molecule has 2 aliphatic rings. The van der Waals surface area contributed by atoms with Gasteiger partial charge in [0.1, 0.15) is 6.26 Å². The number of benzene rings is 1. The molecule has 3 heterocycles. The van der Waals surface area contributed by atoms with E-state index in [1.54, 1.807) is 0 Å². The van der Waals surface area contributed by atoms with Crippen LogP contribution in [-0.2, 0) is 4.79 Å². The monoisotopic (exact) mass is 425 g/mol. The van der Waals surface area contributed by atoms with Crippen molar-refractivity contribution in [2.45, 2.75) is 37.8 Å². The summed E-state index contributed by atoms with van der Waals surface area (Å²) in [5.41, 5.74) is 1.51. The van der Waals surface area contributed by atoms with E-state index in [9.17, 15) is 9.59 Å². The highest BCUT2D eigenvalue weighted by atomic mass is 16.3. The van der Waals surface area contributed by atoms with E-state index in [1.165, 1.54) is 18.3 Å². The maximum Gasteiger partial charge on any atom is 0.273 e. The number of carbonyl (C=O) groups excluding carboxylic acids is 2. The molecule has 166 valence electrons. The van der Waals surface area contributed by atoms with Crippen LogP contribution in [0, 0.1) is 0 Å². The summed E-state index contributed by atoms with van der Waals surface area (Å²) in [5.74, 6) is 0.00765. The number of anilines is 1. The van der Waals surface area contributed by atoms with Gasteiger partial charge in [0.25, 0.3) is 5.91 Å². The molecule has 2 atom stereocenters. The van der Waals surface area contributed by atoms with E-state index in [-0.39, 0.29) is 29.6 Å². The minimum Gasteiger partial charge on any atom is -0.451 e. The number of rotatable bonds is 6. The molecule has 1 aromatic carbocycles. The van der Waals surface area contributed by atoms with Gasteiger partial charge in [-0.3, -0.25) is 14.5 Å². The van der Waals surface area contributed by atoms with Gasteiger partial charge in [-0.1, -0.05) is 18.2 Å². The zero-order valence-electron chi connectivity index (χ0n) is 18.1. The van der Waals surface area contributed by atoms with Gasteiger partial charge in [0, 0.05) is 56.9 Å². The van der Waals surface area contributed by atoms with Crippen LogP contribution < -0.4 is 10.2 Å². The minimum atomic E-state index is -0.228. The molecule has 0 unspecified atom stereocenters. The number of hydrogen-bond donors (Lipinski definition) is 1. The van der Waals surface area contributed by atoms with Gasteiger partial charge in [0.2, 0.25) is 5.91 Å². The van der Waals surface area contributed by atoms with Gasteiger partial charge in [-0.15, -0.1) is 0 Å². The molecule has 2 aromatic rings. The zero-order valence-corrected chi connectivity index (χ0v) is 18.1. The molecular formula is C23H31N5O3. The second-order valence-corrected chi connectivity index (χ2v) is 8.40. The molecule has 31 heavy (non-hydrogen) atoms. The Morgan fingerprint density at radius 2 is 1.90 bits per heavy atom. The average Bonchev–Trinajstić information content (AvgIpc) is 3.37. The van der Waals surface area contributed by atoms with Crippen LogP contribution >= 0.6 is 0 Å². The summed E-state index contributed by atoms with van der Waals surface area (Å²) < 4.78 is 4.86. The Morgan fingerprint density at radius 3 is 2.68 bits per heavy atom. The summed E-state index contributed by atoms with van der Waals surface area (Å²) in [6, 6.07) is 10.9. The minimum absolute atomic E-state index is 0.218. The van der Waals surface area contributed by atoms with Crippen LogP contribution in [0.2, 0.25) is 0 Å². The summed E-state index contributed by atoms with van der Waals surface area (Å²) in [7, 11) is 2.05. The summed E-state index contributed by atoms with van der Waals surface area (Å²) in [5, 5.41) is 2.92. The Hall–Kier alpha value is -2.87. The van der Waals surface area contributed by atoms with Crippen molar-refractivity contribution in [3.05, 3.63) is 48.7 Å². The number of oxazole rings is 1. The second-order valence-electron chi connectivity index (χ2n) is 8.40. The van der Waals surface area contributed by atoms with Crippen LogP contribution in [0.4, 0.5) is 5.69 Å². The van der Waals surface area contributed by atoms with E-state index >= 15 is 0 Å². The lowest BCUT2D eigenvalue weighted by Gasteiger charge is -2.28. The van der Waals surface area contributed by atoms with E-state index < -0.39 is 0 Å². The number of hydrogen-bond acceptors (Lipinski definition) is 6. The van der Waals surface area contributed by atoms with Gasteiger partial charge >= 0.3 is 0 Å². The van der Waals surface area contributed by atoms with Crippen molar-refractivity contribution in [2.75, 3.05) is 44.7 Å². The van der Waals surface area contributed by atoms with E-state index in [4.69, 9.17) is 4.42 Å². The van der Waals surface area contributed by atoms with Gasteiger partial charge in [-0.25, -0.2) is 4.98 Å². The van der Waals surface area contributed by atoms with E-state index in [0.717, 1.165) is 45.4 Å². The topological polar surface area (TPSA) is 81.9 Å². The van der Waals surface area contributed by atoms with Crippen LogP contribution in [0.5, 0.6) is 0 Å². The van der Waals surface area contributed by atoms with Crippen molar-refractivity contribution in [2.24, 2.45) is 0 Å². The molecule has 0 spiro atoms. The molecule has 1 N–H and O–H groups in total. The lowest BCUT2D eigenvalue weighted by Crippen LogP contribution is -2.43. The predicted octanol–water partition coefficient (Wildman–Crippen LogP) is 2.00. The van der Waals surface area contributed by atoms with Gasteiger partial charge in [-0.2, -0.15) is 0 Å². The first kappa shape index (κ1) is 21.4. The van der Waals surface area contributed by atoms with Crippen LogP contribution in [-0.4, -0.2) is 78.5 Å². The van der Waals surface area contributed by atoms with Crippen molar-refractivity contribution in [1.29, 1.82) is 0 Å². The molecule has 8 heteroatoms. The molecular weight excluding hydrogens is 394 g/mol. The normalized spacial score (nSPS) is 22.4. The van der Waals surface area contributed by atoms with Crippen molar-refractivity contribution < 1.29 is 14.0 Å². The molecule has 0 saturated carbocycles. The highest BCUT2D eigenvalue weighted by Gasteiger charge is 2.33. The molecule has 0 bridgehead atoms. The number of likely N-dealkylation sites (tertiary alicyclic amines) is 1. The van der Waals surface area contributed by atoms with E-state index in [1.807, 2.05) is 11.0 Å². The fraction of sp³-hybridized carbons (Fsp3) is 0.522. The quantitative estimate of drug-likeness (QED) is 0.762. The highest BCUT2D eigenvalue weighted by Crippen LogP contribution is 2.25. The van der Waals surface area contributed by atoms with Crippen LogP contribution in [0.25, 0.3) is 0 Å². The Kier molecular flexibility index (Phi) is 6.86. The van der Waals surface area contributed by atoms with Crippen molar-refractivity contribution in [3.8, 4) is 0 Å². The molecule has 2 amide bonds. The fourth-order valence-electron chi connectivity index (χ4n) is 4.60. The number of nitrogens with one attached hydrogen (secondary N) is 1. The second kappa shape index (κ2) is 9.96. The Balaban J connectivity index is 1.24. The molecule has 2 saturated heterocycles.